The molecule has 0 atom stereocenters. The van der Waals surface area contributed by atoms with Crippen LogP contribution in [0.15, 0.2) is 103 Å². The van der Waals surface area contributed by atoms with E-state index in [1.165, 1.54) is 16.3 Å². The summed E-state index contributed by atoms with van der Waals surface area (Å²) >= 11 is 0. The molecule has 0 aromatic heterocycles. The molecule has 4 nitrogen and oxygen atoms in total. The highest BCUT2D eigenvalue weighted by Gasteiger charge is 2.16. The Balaban J connectivity index is 1.33. The van der Waals surface area contributed by atoms with E-state index in [9.17, 15) is 4.79 Å². The smallest absolute Gasteiger partial charge is 0.224 e. The Bertz CT molecular complexity index is 1260. The summed E-state index contributed by atoms with van der Waals surface area (Å²) in [5.41, 5.74) is 5.26. The van der Waals surface area contributed by atoms with Gasteiger partial charge >= 0.3 is 0 Å². The van der Waals surface area contributed by atoms with Crippen molar-refractivity contribution in [2.75, 3.05) is 22.1 Å². The first-order chi connectivity index (χ1) is 15.8. The van der Waals surface area contributed by atoms with E-state index in [-0.39, 0.29) is 5.91 Å². The van der Waals surface area contributed by atoms with Gasteiger partial charge in [-0.1, -0.05) is 60.7 Å². The van der Waals surface area contributed by atoms with Crippen molar-refractivity contribution < 1.29 is 4.79 Å². The van der Waals surface area contributed by atoms with Crippen LogP contribution in [0.25, 0.3) is 10.8 Å². The fourth-order valence-corrected chi connectivity index (χ4v) is 4.10. The van der Waals surface area contributed by atoms with Crippen LogP contribution in [0.5, 0.6) is 0 Å². The lowest BCUT2D eigenvalue weighted by Gasteiger charge is -2.23. The molecule has 32 heavy (non-hydrogen) atoms. The van der Waals surface area contributed by atoms with Crippen molar-refractivity contribution in [1.82, 2.24) is 0 Å². The first kappa shape index (κ1) is 19.9. The average molecular weight is 420 g/mol. The zero-order valence-electron chi connectivity index (χ0n) is 17.8. The molecular weight excluding hydrogens is 394 g/mol. The van der Waals surface area contributed by atoms with Crippen LogP contribution < -0.4 is 15.5 Å². The largest absolute Gasteiger partial charge is 0.379 e. The number of aryl methyl sites for hydroxylation is 1. The third-order valence-corrected chi connectivity index (χ3v) is 5.73. The van der Waals surface area contributed by atoms with E-state index in [1.54, 1.807) is 0 Å². The van der Waals surface area contributed by atoms with Crippen molar-refractivity contribution in [1.29, 1.82) is 0 Å². The molecule has 5 rings (SSSR count). The summed E-state index contributed by atoms with van der Waals surface area (Å²) in [6.07, 6.45) is 5.42. The normalized spacial score (nSPS) is 12.7. The predicted molar refractivity (Wildman–Crippen MR) is 134 cm³/mol. The summed E-state index contributed by atoms with van der Waals surface area (Å²) in [5, 5.41) is 8.98. The standard InChI is InChI=1S/C28H25N3O/c32-27(18-11-21-7-2-1-3-8-21)30-23-13-15-24(16-14-23)31-20-6-19-29-28-25-10-5-4-9-22(25)12-17-26(28)31/h1-10,12-17,20,29H,11,18-19H2,(H,30,32). The van der Waals surface area contributed by atoms with Gasteiger partial charge in [0.15, 0.2) is 0 Å². The van der Waals surface area contributed by atoms with Crippen molar-refractivity contribution in [3.63, 3.8) is 0 Å². The number of hydrogen-bond acceptors (Lipinski definition) is 3. The van der Waals surface area contributed by atoms with Gasteiger partial charge in [-0.15, -0.1) is 0 Å². The summed E-state index contributed by atoms with van der Waals surface area (Å²) in [7, 11) is 0. The Kier molecular flexibility index (Phi) is 5.58. The van der Waals surface area contributed by atoms with E-state index in [0.717, 1.165) is 35.7 Å². The van der Waals surface area contributed by atoms with Crippen molar-refractivity contribution in [2.45, 2.75) is 12.8 Å². The molecule has 0 saturated carbocycles. The highest BCUT2D eigenvalue weighted by Crippen LogP contribution is 2.39. The molecule has 4 heteroatoms. The van der Waals surface area contributed by atoms with Crippen molar-refractivity contribution in [2.24, 2.45) is 0 Å². The first-order valence-electron chi connectivity index (χ1n) is 10.9. The van der Waals surface area contributed by atoms with Gasteiger partial charge in [-0.05, 0) is 53.8 Å². The van der Waals surface area contributed by atoms with Crippen molar-refractivity contribution in [3.8, 4) is 0 Å². The number of nitrogens with zero attached hydrogens (tertiary/aromatic N) is 1. The maximum Gasteiger partial charge on any atom is 0.224 e. The number of nitrogens with one attached hydrogen (secondary N) is 2. The molecule has 4 aromatic carbocycles. The summed E-state index contributed by atoms with van der Waals surface area (Å²) in [6, 6.07) is 30.8. The Morgan fingerprint density at radius 3 is 2.50 bits per heavy atom. The molecule has 1 amide bonds. The Hall–Kier alpha value is -4.05. The summed E-state index contributed by atoms with van der Waals surface area (Å²) in [4.78, 5) is 14.5. The lowest BCUT2D eigenvalue weighted by Crippen LogP contribution is -2.13. The van der Waals surface area contributed by atoms with E-state index in [1.807, 2.05) is 54.6 Å². The molecule has 2 N–H and O–H groups in total. The molecule has 158 valence electrons. The van der Waals surface area contributed by atoms with Crippen molar-refractivity contribution >= 4 is 39.4 Å². The summed E-state index contributed by atoms with van der Waals surface area (Å²) in [5.74, 6) is 0.0253. The van der Waals surface area contributed by atoms with Crippen LogP contribution in [-0.4, -0.2) is 12.5 Å². The minimum atomic E-state index is 0.0253. The number of amides is 1. The van der Waals surface area contributed by atoms with Crippen LogP contribution in [0, 0.1) is 0 Å². The summed E-state index contributed by atoms with van der Waals surface area (Å²) < 4.78 is 0. The predicted octanol–water partition coefficient (Wildman–Crippen LogP) is 6.49. The van der Waals surface area contributed by atoms with E-state index in [0.29, 0.717) is 6.42 Å². The van der Waals surface area contributed by atoms with E-state index in [2.05, 4.69) is 64.2 Å². The molecule has 4 aromatic rings. The van der Waals surface area contributed by atoms with Crippen LogP contribution in [0.1, 0.15) is 12.0 Å². The molecule has 1 aliphatic heterocycles. The van der Waals surface area contributed by atoms with Gasteiger partial charge < -0.3 is 15.5 Å². The number of rotatable bonds is 5. The van der Waals surface area contributed by atoms with Crippen LogP contribution in [0.3, 0.4) is 0 Å². The number of benzene rings is 4. The van der Waals surface area contributed by atoms with E-state index >= 15 is 0 Å². The van der Waals surface area contributed by atoms with Gasteiger partial charge in [-0.2, -0.15) is 0 Å². The maximum absolute atomic E-state index is 12.4. The number of carbonyl (C=O) groups is 1. The third-order valence-electron chi connectivity index (χ3n) is 5.73. The van der Waals surface area contributed by atoms with Crippen molar-refractivity contribution in [3.05, 3.63) is 109 Å². The number of hydrogen-bond donors (Lipinski definition) is 2. The molecule has 1 heterocycles. The molecule has 1 aliphatic rings. The highest BCUT2D eigenvalue weighted by molar-refractivity contribution is 6.02. The molecule has 0 radical (unpaired) electrons. The third kappa shape index (κ3) is 4.21. The Labute approximate surface area is 188 Å². The second-order valence-corrected chi connectivity index (χ2v) is 7.90. The maximum atomic E-state index is 12.4. The molecule has 0 unspecified atom stereocenters. The van der Waals surface area contributed by atoms with Gasteiger partial charge in [0.1, 0.15) is 0 Å². The average Bonchev–Trinajstić information content (AvgIpc) is 3.07. The molecule has 0 bridgehead atoms. The molecule has 0 saturated heterocycles. The minimum absolute atomic E-state index is 0.0253. The molecule has 0 spiro atoms. The quantitative estimate of drug-likeness (QED) is 0.389. The molecule has 0 aliphatic carbocycles. The SMILES string of the molecule is O=C(CCc1ccccc1)Nc1ccc(N2C=CCNc3c2ccc2ccccc32)cc1. The zero-order chi connectivity index (χ0) is 21.8. The van der Waals surface area contributed by atoms with Gasteiger partial charge in [0, 0.05) is 35.9 Å². The fraction of sp³-hybridized carbons (Fsp3) is 0.107. The number of carbonyl (C=O) groups excluding carboxylic acids is 1. The van der Waals surface area contributed by atoms with Gasteiger partial charge in [0.2, 0.25) is 5.91 Å². The highest BCUT2D eigenvalue weighted by atomic mass is 16.1. The van der Waals surface area contributed by atoms with Gasteiger partial charge in [0.25, 0.3) is 0 Å². The first-order valence-corrected chi connectivity index (χ1v) is 10.9. The van der Waals surface area contributed by atoms with Gasteiger partial charge in [-0.25, -0.2) is 0 Å². The Morgan fingerprint density at radius 1 is 0.875 bits per heavy atom. The number of fused-ring (bicyclic) bond motifs is 3. The lowest BCUT2D eigenvalue weighted by atomic mass is 10.1. The number of anilines is 4. The topological polar surface area (TPSA) is 44.4 Å². The van der Waals surface area contributed by atoms with Crippen LogP contribution >= 0.6 is 0 Å². The minimum Gasteiger partial charge on any atom is -0.379 e. The van der Waals surface area contributed by atoms with E-state index < -0.39 is 0 Å². The fourth-order valence-electron chi connectivity index (χ4n) is 4.10. The second-order valence-electron chi connectivity index (χ2n) is 7.90. The zero-order valence-corrected chi connectivity index (χ0v) is 17.8. The lowest BCUT2D eigenvalue weighted by molar-refractivity contribution is -0.116. The second kappa shape index (κ2) is 8.98. The van der Waals surface area contributed by atoms with Crippen LogP contribution in [0.2, 0.25) is 0 Å². The summed E-state index contributed by atoms with van der Waals surface area (Å²) in [6.45, 7) is 0.771. The van der Waals surface area contributed by atoms with Crippen LogP contribution in [-0.2, 0) is 11.2 Å². The van der Waals surface area contributed by atoms with Gasteiger partial charge in [0.05, 0.1) is 11.4 Å². The molecule has 0 fully saturated rings. The Morgan fingerprint density at radius 2 is 1.66 bits per heavy atom. The monoisotopic (exact) mass is 419 g/mol. The van der Waals surface area contributed by atoms with E-state index in [4.69, 9.17) is 0 Å². The molecular formula is C28H25N3O. The van der Waals surface area contributed by atoms with Gasteiger partial charge in [-0.3, -0.25) is 4.79 Å². The van der Waals surface area contributed by atoms with Crippen LogP contribution in [0.4, 0.5) is 22.7 Å².